The highest BCUT2D eigenvalue weighted by atomic mass is 32.2. The van der Waals surface area contributed by atoms with Crippen LogP contribution in [0.2, 0.25) is 0 Å². The van der Waals surface area contributed by atoms with Crippen LogP contribution in [0.25, 0.3) is 11.0 Å². The molecule has 9 nitrogen and oxygen atoms in total. The van der Waals surface area contributed by atoms with Gasteiger partial charge in [-0.25, -0.2) is 18.4 Å². The normalized spacial score (nSPS) is 11.6. The molecule has 0 aliphatic heterocycles. The first-order valence-corrected chi connectivity index (χ1v) is 8.61. The van der Waals surface area contributed by atoms with Gasteiger partial charge in [0.15, 0.2) is 11.6 Å². The van der Waals surface area contributed by atoms with Crippen molar-refractivity contribution in [3.05, 3.63) is 36.7 Å². The van der Waals surface area contributed by atoms with E-state index in [0.29, 0.717) is 11.0 Å². The maximum atomic E-state index is 12.5. The first-order valence-electron chi connectivity index (χ1n) is 7.12. The monoisotopic (exact) mass is 348 g/mol. The minimum absolute atomic E-state index is 0.0214. The summed E-state index contributed by atoms with van der Waals surface area (Å²) in [4.78, 5) is 8.71. The quantitative estimate of drug-likeness (QED) is 0.595. The van der Waals surface area contributed by atoms with E-state index < -0.39 is 10.0 Å². The van der Waals surface area contributed by atoms with Gasteiger partial charge < -0.3 is 10.4 Å². The number of sulfonamides is 1. The molecule has 0 radical (unpaired) electrons. The third-order valence-corrected chi connectivity index (χ3v) is 4.49. The fraction of sp³-hybridized carbons (Fsp3) is 0.214. The molecule has 3 N–H and O–H groups in total. The molecule has 0 aliphatic carbocycles. The number of nitrogens with zero attached hydrogens (tertiary/aromatic N) is 4. The molecule has 2 heterocycles. The number of nitrogens with one attached hydrogen (secondary N) is 2. The van der Waals surface area contributed by atoms with Crippen LogP contribution in [0.1, 0.15) is 0 Å². The molecule has 0 bridgehead atoms. The van der Waals surface area contributed by atoms with Crippen molar-refractivity contribution in [3.63, 3.8) is 0 Å². The third-order valence-electron chi connectivity index (χ3n) is 3.20. The van der Waals surface area contributed by atoms with Crippen molar-refractivity contribution in [2.24, 2.45) is 7.05 Å². The van der Waals surface area contributed by atoms with Crippen molar-refractivity contribution in [2.45, 2.75) is 4.90 Å². The fourth-order valence-corrected chi connectivity index (χ4v) is 3.08. The summed E-state index contributed by atoms with van der Waals surface area (Å²) in [5.74, 6) is 0.307. The summed E-state index contributed by atoms with van der Waals surface area (Å²) in [5, 5.41) is 15.7. The summed E-state index contributed by atoms with van der Waals surface area (Å²) >= 11 is 0. The van der Waals surface area contributed by atoms with Gasteiger partial charge in [-0.05, 0) is 12.1 Å². The molecular weight excluding hydrogens is 332 g/mol. The Morgan fingerprint density at radius 1 is 1.17 bits per heavy atom. The van der Waals surface area contributed by atoms with Crippen LogP contribution >= 0.6 is 0 Å². The summed E-state index contributed by atoms with van der Waals surface area (Å²) in [7, 11) is -2.22. The molecule has 0 saturated heterocycles. The third kappa shape index (κ3) is 3.29. The highest BCUT2D eigenvalue weighted by Crippen LogP contribution is 2.23. The Kier molecular flexibility index (Phi) is 4.32. The maximum Gasteiger partial charge on any atom is 0.266 e. The lowest BCUT2D eigenvalue weighted by atomic mass is 10.3. The number of fused-ring (bicyclic) bond motifs is 1. The van der Waals surface area contributed by atoms with E-state index in [2.05, 4.69) is 25.1 Å². The van der Waals surface area contributed by atoms with Crippen molar-refractivity contribution in [2.75, 3.05) is 23.2 Å². The fourth-order valence-electron chi connectivity index (χ4n) is 2.09. The summed E-state index contributed by atoms with van der Waals surface area (Å²) in [5.41, 5.74) is 1.17. The van der Waals surface area contributed by atoms with Crippen LogP contribution in [0, 0.1) is 0 Å². The lowest BCUT2D eigenvalue weighted by molar-refractivity contribution is 0.311. The molecule has 0 amide bonds. The van der Waals surface area contributed by atoms with Crippen molar-refractivity contribution >= 4 is 32.7 Å². The molecule has 0 fully saturated rings. The zero-order chi connectivity index (χ0) is 17.2. The Morgan fingerprint density at radius 3 is 2.42 bits per heavy atom. The second kappa shape index (κ2) is 6.42. The van der Waals surface area contributed by atoms with Gasteiger partial charge in [-0.2, -0.15) is 5.10 Å². The number of anilines is 2. The van der Waals surface area contributed by atoms with Crippen LogP contribution in [-0.4, -0.2) is 46.4 Å². The van der Waals surface area contributed by atoms with E-state index in [1.165, 1.54) is 17.1 Å². The number of aryl methyl sites for hydroxylation is 1. The molecule has 0 aliphatic rings. The SMILES string of the molecule is Cn1cc(S(=O)(=O)Nc2nc3ccccc3nc2NCCO)cn1. The minimum atomic E-state index is -3.85. The van der Waals surface area contributed by atoms with E-state index in [9.17, 15) is 8.42 Å². The van der Waals surface area contributed by atoms with Crippen LogP contribution in [0.15, 0.2) is 41.6 Å². The molecule has 0 atom stereocenters. The van der Waals surface area contributed by atoms with E-state index in [-0.39, 0.29) is 29.7 Å². The molecule has 3 rings (SSSR count). The standard InChI is InChI=1S/C14H16N6O3S/c1-20-9-10(8-16-20)24(22,23)19-14-13(15-6-7-21)17-11-4-2-3-5-12(11)18-14/h2-5,8-9,21H,6-7H2,1H3,(H,15,17)(H,18,19). The van der Waals surface area contributed by atoms with Crippen molar-refractivity contribution in [1.82, 2.24) is 19.7 Å². The van der Waals surface area contributed by atoms with E-state index in [4.69, 9.17) is 5.11 Å². The number of hydrogen-bond donors (Lipinski definition) is 3. The first-order chi connectivity index (χ1) is 11.5. The van der Waals surface area contributed by atoms with Gasteiger partial charge in [-0.15, -0.1) is 0 Å². The number of hydrogen-bond acceptors (Lipinski definition) is 7. The smallest absolute Gasteiger partial charge is 0.266 e. The summed E-state index contributed by atoms with van der Waals surface area (Å²) in [6.07, 6.45) is 2.63. The molecule has 0 unspecified atom stereocenters. The minimum Gasteiger partial charge on any atom is -0.395 e. The number of aromatic nitrogens is 4. The lowest BCUT2D eigenvalue weighted by Crippen LogP contribution is -2.17. The molecule has 0 saturated carbocycles. The first kappa shape index (κ1) is 16.1. The summed E-state index contributed by atoms with van der Waals surface area (Å²) in [6.45, 7) is 0.0952. The molecule has 2 aromatic heterocycles. The van der Waals surface area contributed by atoms with Gasteiger partial charge in [0.1, 0.15) is 4.90 Å². The average molecular weight is 348 g/mol. The van der Waals surface area contributed by atoms with Gasteiger partial charge in [0.2, 0.25) is 0 Å². The molecule has 10 heteroatoms. The second-order valence-electron chi connectivity index (χ2n) is 5.02. The van der Waals surface area contributed by atoms with Crippen LogP contribution in [0.4, 0.5) is 11.6 Å². The number of rotatable bonds is 6. The number of aliphatic hydroxyl groups excluding tert-OH is 1. The Hall–Kier alpha value is -2.72. The Balaban J connectivity index is 2.03. The van der Waals surface area contributed by atoms with Gasteiger partial charge >= 0.3 is 0 Å². The Labute approximate surface area is 138 Å². The number of para-hydroxylation sites is 2. The molecule has 0 spiro atoms. The predicted octanol–water partition coefficient (Wildman–Crippen LogP) is 0.568. The Morgan fingerprint density at radius 2 is 1.83 bits per heavy atom. The topological polar surface area (TPSA) is 122 Å². The Bertz CT molecular complexity index is 970. The van der Waals surface area contributed by atoms with Gasteiger partial charge in [-0.3, -0.25) is 9.40 Å². The molecule has 126 valence electrons. The van der Waals surface area contributed by atoms with E-state index in [0.717, 1.165) is 0 Å². The zero-order valence-electron chi connectivity index (χ0n) is 12.8. The van der Waals surface area contributed by atoms with E-state index in [1.807, 2.05) is 6.07 Å². The zero-order valence-corrected chi connectivity index (χ0v) is 13.7. The van der Waals surface area contributed by atoms with Gasteiger partial charge in [0, 0.05) is 19.8 Å². The molecule has 24 heavy (non-hydrogen) atoms. The van der Waals surface area contributed by atoms with Crippen molar-refractivity contribution in [3.8, 4) is 0 Å². The van der Waals surface area contributed by atoms with Crippen molar-refractivity contribution in [1.29, 1.82) is 0 Å². The molecule has 1 aromatic carbocycles. The van der Waals surface area contributed by atoms with Crippen molar-refractivity contribution < 1.29 is 13.5 Å². The van der Waals surface area contributed by atoms with E-state index in [1.54, 1.807) is 25.2 Å². The molecule has 3 aromatic rings. The average Bonchev–Trinajstić information content (AvgIpc) is 3.00. The highest BCUT2D eigenvalue weighted by molar-refractivity contribution is 7.92. The van der Waals surface area contributed by atoms with Crippen LogP contribution in [-0.2, 0) is 17.1 Å². The summed E-state index contributed by atoms with van der Waals surface area (Å²) in [6, 6.07) is 7.11. The largest absolute Gasteiger partial charge is 0.395 e. The van der Waals surface area contributed by atoms with Gasteiger partial charge in [0.25, 0.3) is 10.0 Å². The van der Waals surface area contributed by atoms with E-state index >= 15 is 0 Å². The lowest BCUT2D eigenvalue weighted by Gasteiger charge is -2.12. The van der Waals surface area contributed by atoms with Gasteiger partial charge in [-0.1, -0.05) is 12.1 Å². The second-order valence-corrected chi connectivity index (χ2v) is 6.70. The number of benzene rings is 1. The predicted molar refractivity (Wildman–Crippen MR) is 89.1 cm³/mol. The van der Waals surface area contributed by atoms with Crippen LogP contribution in [0.5, 0.6) is 0 Å². The maximum absolute atomic E-state index is 12.5. The van der Waals surface area contributed by atoms with Crippen LogP contribution in [0.3, 0.4) is 0 Å². The highest BCUT2D eigenvalue weighted by Gasteiger charge is 2.20. The molecular formula is C14H16N6O3S. The summed E-state index contributed by atoms with van der Waals surface area (Å²) < 4.78 is 28.7. The van der Waals surface area contributed by atoms with Crippen LogP contribution < -0.4 is 10.0 Å². The van der Waals surface area contributed by atoms with Gasteiger partial charge in [0.05, 0.1) is 23.8 Å². The number of aliphatic hydroxyl groups is 1.